The quantitative estimate of drug-likeness (QED) is 0.337. The number of fused-ring (bicyclic) bond motifs is 1. The molecule has 2 aliphatic rings. The summed E-state index contributed by atoms with van der Waals surface area (Å²) >= 11 is 0. The van der Waals surface area contributed by atoms with Crippen LogP contribution in [0.2, 0.25) is 0 Å². The average Bonchev–Trinajstić information content (AvgIpc) is 3.38. The van der Waals surface area contributed by atoms with E-state index in [0.29, 0.717) is 25.3 Å². The van der Waals surface area contributed by atoms with Crippen LogP contribution in [-0.2, 0) is 32.7 Å². The fourth-order valence-corrected chi connectivity index (χ4v) is 5.45. The number of aromatic nitrogens is 1. The zero-order chi connectivity index (χ0) is 28.0. The molecule has 2 N–H and O–H groups in total. The van der Waals surface area contributed by atoms with Crippen molar-refractivity contribution in [1.29, 1.82) is 0 Å². The Morgan fingerprint density at radius 2 is 2.08 bits per heavy atom. The van der Waals surface area contributed by atoms with Gasteiger partial charge in [0.15, 0.2) is 11.6 Å². The van der Waals surface area contributed by atoms with Crippen molar-refractivity contribution in [2.45, 2.75) is 76.5 Å². The minimum atomic E-state index is -1.05. The number of aryl methyl sites for hydroxylation is 2. The van der Waals surface area contributed by atoms with Crippen LogP contribution in [0, 0.1) is 5.82 Å². The first kappa shape index (κ1) is 29.2. The third kappa shape index (κ3) is 7.07. The summed E-state index contributed by atoms with van der Waals surface area (Å²) in [6.45, 7) is 6.26. The fourth-order valence-electron chi connectivity index (χ4n) is 5.45. The lowest BCUT2D eigenvalue weighted by atomic mass is 9.92. The second-order valence-electron chi connectivity index (χ2n) is 11.0. The molecule has 1 aromatic carbocycles. The van der Waals surface area contributed by atoms with Crippen LogP contribution in [0.15, 0.2) is 24.3 Å². The van der Waals surface area contributed by atoms with E-state index in [9.17, 15) is 14.3 Å². The lowest BCUT2D eigenvalue weighted by molar-refractivity contribution is -0.143. The van der Waals surface area contributed by atoms with Gasteiger partial charge < -0.3 is 24.6 Å². The molecule has 3 heterocycles. The standard InChI is InChI=1S/C30H42FN3O5/c1-30(2,38-4)21-17-24(27(37-3)25(31)18-21)26(29(35)36)34-15-13-23(19-34)39-16-7-5-6-10-22-12-11-20-9-8-14-32-28(20)33-22/h11-12,17-18,23,26H,5-10,13-16,19H2,1-4H3,(H,32,33)(H,35,36). The van der Waals surface area contributed by atoms with Crippen LogP contribution in [0.3, 0.4) is 0 Å². The summed E-state index contributed by atoms with van der Waals surface area (Å²) in [5.74, 6) is -0.657. The van der Waals surface area contributed by atoms with Gasteiger partial charge in [0.25, 0.3) is 0 Å². The number of rotatable bonds is 13. The maximum absolute atomic E-state index is 15.0. The number of nitrogens with zero attached hydrogens (tertiary/aromatic N) is 2. The molecule has 0 aliphatic carbocycles. The Morgan fingerprint density at radius 3 is 2.82 bits per heavy atom. The molecule has 2 aromatic rings. The first-order chi connectivity index (χ1) is 18.7. The van der Waals surface area contributed by atoms with E-state index in [1.807, 2.05) is 18.7 Å². The number of halogens is 1. The number of hydrogen-bond donors (Lipinski definition) is 2. The molecule has 0 spiro atoms. The Morgan fingerprint density at radius 1 is 1.26 bits per heavy atom. The molecule has 39 heavy (non-hydrogen) atoms. The van der Waals surface area contributed by atoms with Gasteiger partial charge in [0.05, 0.1) is 18.8 Å². The minimum Gasteiger partial charge on any atom is -0.493 e. The lowest BCUT2D eigenvalue weighted by Gasteiger charge is -2.29. The van der Waals surface area contributed by atoms with Crippen molar-refractivity contribution < 1.29 is 28.5 Å². The van der Waals surface area contributed by atoms with E-state index < -0.39 is 23.4 Å². The van der Waals surface area contributed by atoms with Crippen molar-refractivity contribution in [3.63, 3.8) is 0 Å². The van der Waals surface area contributed by atoms with E-state index in [4.69, 9.17) is 19.2 Å². The van der Waals surface area contributed by atoms with Crippen molar-refractivity contribution in [3.05, 3.63) is 52.5 Å². The topological polar surface area (TPSA) is 93.2 Å². The van der Waals surface area contributed by atoms with Crippen molar-refractivity contribution in [2.75, 3.05) is 45.8 Å². The maximum Gasteiger partial charge on any atom is 0.325 e. The molecule has 0 amide bonds. The third-order valence-electron chi connectivity index (χ3n) is 7.93. The number of benzene rings is 1. The van der Waals surface area contributed by atoms with Gasteiger partial charge >= 0.3 is 5.97 Å². The molecule has 8 nitrogen and oxygen atoms in total. The van der Waals surface area contributed by atoms with Crippen LogP contribution in [0.4, 0.5) is 10.2 Å². The molecular formula is C30H42FN3O5. The number of pyridine rings is 1. The van der Waals surface area contributed by atoms with Gasteiger partial charge in [-0.1, -0.05) is 12.5 Å². The minimum absolute atomic E-state index is 0.0494. The highest BCUT2D eigenvalue weighted by molar-refractivity contribution is 5.77. The summed E-state index contributed by atoms with van der Waals surface area (Å²) in [7, 11) is 2.90. The summed E-state index contributed by atoms with van der Waals surface area (Å²) in [5.41, 5.74) is 2.49. The van der Waals surface area contributed by atoms with Gasteiger partial charge in [-0.15, -0.1) is 0 Å². The van der Waals surface area contributed by atoms with Gasteiger partial charge in [0.1, 0.15) is 11.9 Å². The molecule has 2 atom stereocenters. The first-order valence-corrected chi connectivity index (χ1v) is 14.0. The van der Waals surface area contributed by atoms with E-state index in [1.165, 1.54) is 18.7 Å². The maximum atomic E-state index is 15.0. The Balaban J connectivity index is 1.29. The van der Waals surface area contributed by atoms with E-state index >= 15 is 0 Å². The van der Waals surface area contributed by atoms with Crippen molar-refractivity contribution in [2.24, 2.45) is 0 Å². The van der Waals surface area contributed by atoms with E-state index in [0.717, 1.165) is 63.0 Å². The summed E-state index contributed by atoms with van der Waals surface area (Å²) in [4.78, 5) is 19.0. The van der Waals surface area contributed by atoms with Gasteiger partial charge in [-0.05, 0) is 81.7 Å². The number of nitrogens with one attached hydrogen (secondary N) is 1. The van der Waals surface area contributed by atoms with Gasteiger partial charge in [-0.25, -0.2) is 9.37 Å². The monoisotopic (exact) mass is 543 g/mol. The molecule has 0 radical (unpaired) electrons. The van der Waals surface area contributed by atoms with E-state index in [-0.39, 0.29) is 17.4 Å². The molecule has 214 valence electrons. The highest BCUT2D eigenvalue weighted by Crippen LogP contribution is 2.38. The number of ether oxygens (including phenoxy) is 3. The van der Waals surface area contributed by atoms with Crippen LogP contribution < -0.4 is 10.1 Å². The summed E-state index contributed by atoms with van der Waals surface area (Å²) in [6, 6.07) is 6.32. The largest absolute Gasteiger partial charge is 0.493 e. The number of unbranched alkanes of at least 4 members (excludes halogenated alkanes) is 2. The third-order valence-corrected chi connectivity index (χ3v) is 7.93. The molecule has 1 aromatic heterocycles. The SMILES string of the molecule is COc1c(F)cc(C(C)(C)OC)cc1C(C(=O)O)N1CCC(OCCCCCc2ccc3c(n2)NCCC3)C1. The molecule has 4 rings (SSSR count). The summed E-state index contributed by atoms with van der Waals surface area (Å²) in [5, 5.41) is 13.6. The van der Waals surface area contributed by atoms with Crippen molar-refractivity contribution in [1.82, 2.24) is 9.88 Å². The Bertz CT molecular complexity index is 1140. The molecule has 1 fully saturated rings. The zero-order valence-electron chi connectivity index (χ0n) is 23.6. The van der Waals surface area contributed by atoms with Crippen LogP contribution in [0.1, 0.15) is 74.4 Å². The number of aliphatic carboxylic acids is 1. The second kappa shape index (κ2) is 13.1. The predicted molar refractivity (Wildman–Crippen MR) is 148 cm³/mol. The van der Waals surface area contributed by atoms with Crippen LogP contribution in [-0.4, -0.2) is 67.5 Å². The van der Waals surface area contributed by atoms with E-state index in [2.05, 4.69) is 17.4 Å². The molecule has 1 saturated heterocycles. The summed E-state index contributed by atoms with van der Waals surface area (Å²) in [6.07, 6.45) is 6.90. The van der Waals surface area contributed by atoms with Crippen LogP contribution in [0.25, 0.3) is 0 Å². The number of carboxylic acid groups (broad SMARTS) is 1. The highest BCUT2D eigenvalue weighted by atomic mass is 19.1. The summed E-state index contributed by atoms with van der Waals surface area (Å²) < 4.78 is 31.9. The lowest BCUT2D eigenvalue weighted by Crippen LogP contribution is -2.34. The predicted octanol–water partition coefficient (Wildman–Crippen LogP) is 5.10. The number of carbonyl (C=O) groups is 1. The zero-order valence-corrected chi connectivity index (χ0v) is 23.6. The first-order valence-electron chi connectivity index (χ1n) is 14.0. The fraction of sp³-hybridized carbons (Fsp3) is 0.600. The molecule has 2 unspecified atom stereocenters. The van der Waals surface area contributed by atoms with E-state index in [1.54, 1.807) is 13.2 Å². The van der Waals surface area contributed by atoms with Gasteiger partial charge in [-0.2, -0.15) is 0 Å². The second-order valence-corrected chi connectivity index (χ2v) is 11.0. The van der Waals surface area contributed by atoms with Crippen molar-refractivity contribution >= 4 is 11.8 Å². The van der Waals surface area contributed by atoms with Gasteiger partial charge in [0, 0.05) is 44.6 Å². The van der Waals surface area contributed by atoms with Gasteiger partial charge in [0.2, 0.25) is 0 Å². The molecule has 2 aliphatic heterocycles. The Kier molecular flexibility index (Phi) is 9.80. The number of anilines is 1. The molecule has 0 saturated carbocycles. The number of methoxy groups -OCH3 is 2. The normalized spacial score (nSPS) is 18.4. The van der Waals surface area contributed by atoms with Crippen LogP contribution >= 0.6 is 0 Å². The van der Waals surface area contributed by atoms with Crippen molar-refractivity contribution in [3.8, 4) is 5.75 Å². The van der Waals surface area contributed by atoms with Crippen LogP contribution in [0.5, 0.6) is 5.75 Å². The molecular weight excluding hydrogens is 501 g/mol. The smallest absolute Gasteiger partial charge is 0.325 e. The Labute approximate surface area is 230 Å². The Hall–Kier alpha value is -2.75. The molecule has 0 bridgehead atoms. The number of likely N-dealkylation sites (tertiary alicyclic amines) is 1. The number of carboxylic acids is 1. The average molecular weight is 544 g/mol. The van der Waals surface area contributed by atoms with Gasteiger partial charge in [-0.3, -0.25) is 9.69 Å². The number of hydrogen-bond acceptors (Lipinski definition) is 7. The highest BCUT2D eigenvalue weighted by Gasteiger charge is 2.37. The molecule has 9 heteroatoms.